The quantitative estimate of drug-likeness (QED) is 0.923. The number of hydrogen-bond acceptors (Lipinski definition) is 2. The van der Waals surface area contributed by atoms with Crippen molar-refractivity contribution in [3.05, 3.63) is 48.0 Å². The van der Waals surface area contributed by atoms with Crippen molar-refractivity contribution in [2.24, 2.45) is 11.7 Å². The smallest absolute Gasteiger partial charge is 0.0320 e. The van der Waals surface area contributed by atoms with Crippen LogP contribution in [0.2, 0.25) is 0 Å². The standard InChI is InChI=1S/C19H26N2/c1-14(20)19-8-5-11-21(13-19)15(2)17-10-9-16-6-3-4-7-18(16)12-17/h3-4,6-7,9-10,12,14-15,19H,5,8,11,13,20H2,1-2H3. The molecule has 1 heterocycles. The first-order chi connectivity index (χ1) is 10.1. The second-order valence-electron chi connectivity index (χ2n) is 6.54. The number of nitrogens with two attached hydrogens (primary N) is 1. The molecule has 2 aromatic rings. The van der Waals surface area contributed by atoms with Crippen molar-refractivity contribution in [1.29, 1.82) is 0 Å². The third-order valence-electron chi connectivity index (χ3n) is 5.04. The van der Waals surface area contributed by atoms with E-state index in [4.69, 9.17) is 5.73 Å². The summed E-state index contributed by atoms with van der Waals surface area (Å²) < 4.78 is 0. The van der Waals surface area contributed by atoms with Gasteiger partial charge in [0.05, 0.1) is 0 Å². The number of likely N-dealkylation sites (tertiary alicyclic amines) is 1. The number of fused-ring (bicyclic) bond motifs is 1. The van der Waals surface area contributed by atoms with E-state index in [1.807, 2.05) is 0 Å². The number of nitrogens with zero attached hydrogens (tertiary/aromatic N) is 1. The van der Waals surface area contributed by atoms with E-state index in [1.54, 1.807) is 0 Å². The Morgan fingerprint density at radius 3 is 2.62 bits per heavy atom. The summed E-state index contributed by atoms with van der Waals surface area (Å²) in [4.78, 5) is 2.60. The van der Waals surface area contributed by atoms with Gasteiger partial charge in [-0.15, -0.1) is 0 Å². The van der Waals surface area contributed by atoms with Crippen molar-refractivity contribution >= 4 is 10.8 Å². The van der Waals surface area contributed by atoms with Gasteiger partial charge in [0.25, 0.3) is 0 Å². The normalized spacial score (nSPS) is 23.1. The molecular formula is C19H26N2. The molecule has 0 radical (unpaired) electrons. The average Bonchev–Trinajstić information content (AvgIpc) is 2.53. The fourth-order valence-electron chi connectivity index (χ4n) is 3.50. The van der Waals surface area contributed by atoms with Crippen LogP contribution in [0.1, 0.15) is 38.3 Å². The Morgan fingerprint density at radius 2 is 1.86 bits per heavy atom. The van der Waals surface area contributed by atoms with Gasteiger partial charge in [-0.05, 0) is 61.6 Å². The van der Waals surface area contributed by atoms with Crippen molar-refractivity contribution in [1.82, 2.24) is 4.90 Å². The van der Waals surface area contributed by atoms with Gasteiger partial charge in [-0.25, -0.2) is 0 Å². The third kappa shape index (κ3) is 3.12. The zero-order valence-electron chi connectivity index (χ0n) is 13.1. The Morgan fingerprint density at radius 1 is 1.10 bits per heavy atom. The predicted molar refractivity (Wildman–Crippen MR) is 90.3 cm³/mol. The van der Waals surface area contributed by atoms with Crippen molar-refractivity contribution in [3.63, 3.8) is 0 Å². The van der Waals surface area contributed by atoms with Gasteiger partial charge in [-0.1, -0.05) is 36.4 Å². The molecule has 3 unspecified atom stereocenters. The molecule has 0 aromatic heterocycles. The van der Waals surface area contributed by atoms with Gasteiger partial charge in [0.2, 0.25) is 0 Å². The fourth-order valence-corrected chi connectivity index (χ4v) is 3.50. The van der Waals surface area contributed by atoms with Crippen LogP contribution in [0.25, 0.3) is 10.8 Å². The lowest BCUT2D eigenvalue weighted by Crippen LogP contribution is -2.43. The third-order valence-corrected chi connectivity index (χ3v) is 5.04. The van der Waals surface area contributed by atoms with Gasteiger partial charge in [0, 0.05) is 18.6 Å². The van der Waals surface area contributed by atoms with Crippen LogP contribution in [0.15, 0.2) is 42.5 Å². The van der Waals surface area contributed by atoms with Crippen LogP contribution < -0.4 is 5.73 Å². The van der Waals surface area contributed by atoms with Crippen LogP contribution >= 0.6 is 0 Å². The minimum Gasteiger partial charge on any atom is -0.328 e. The lowest BCUT2D eigenvalue weighted by molar-refractivity contribution is 0.121. The second-order valence-corrected chi connectivity index (χ2v) is 6.54. The Hall–Kier alpha value is -1.38. The Balaban J connectivity index is 1.81. The molecular weight excluding hydrogens is 256 g/mol. The molecule has 0 bridgehead atoms. The molecule has 2 heteroatoms. The summed E-state index contributed by atoms with van der Waals surface area (Å²) in [6.45, 7) is 6.80. The molecule has 0 spiro atoms. The largest absolute Gasteiger partial charge is 0.328 e. The van der Waals surface area contributed by atoms with E-state index >= 15 is 0 Å². The van der Waals surface area contributed by atoms with E-state index in [1.165, 1.54) is 35.7 Å². The molecule has 0 saturated carbocycles. The molecule has 2 aromatic carbocycles. The van der Waals surface area contributed by atoms with Gasteiger partial charge in [0.15, 0.2) is 0 Å². The lowest BCUT2D eigenvalue weighted by atomic mass is 9.90. The highest BCUT2D eigenvalue weighted by molar-refractivity contribution is 5.83. The number of benzene rings is 2. The summed E-state index contributed by atoms with van der Waals surface area (Å²) in [6.07, 6.45) is 2.54. The van der Waals surface area contributed by atoms with E-state index in [0.29, 0.717) is 18.0 Å². The molecule has 2 N–H and O–H groups in total. The molecule has 112 valence electrons. The molecule has 3 atom stereocenters. The summed E-state index contributed by atoms with van der Waals surface area (Å²) >= 11 is 0. The van der Waals surface area contributed by atoms with Gasteiger partial charge in [-0.3, -0.25) is 4.90 Å². The zero-order valence-corrected chi connectivity index (χ0v) is 13.1. The van der Waals surface area contributed by atoms with E-state index in [-0.39, 0.29) is 0 Å². The van der Waals surface area contributed by atoms with Gasteiger partial charge in [-0.2, -0.15) is 0 Å². The molecule has 3 rings (SSSR count). The van der Waals surface area contributed by atoms with Crippen LogP contribution in [0.5, 0.6) is 0 Å². The average molecular weight is 282 g/mol. The van der Waals surface area contributed by atoms with Crippen LogP contribution in [-0.2, 0) is 0 Å². The highest BCUT2D eigenvalue weighted by atomic mass is 15.2. The van der Waals surface area contributed by atoms with E-state index in [0.717, 1.165) is 6.54 Å². The summed E-state index contributed by atoms with van der Waals surface area (Å²) in [6, 6.07) is 16.2. The summed E-state index contributed by atoms with van der Waals surface area (Å²) in [5.41, 5.74) is 7.53. The maximum atomic E-state index is 6.12. The van der Waals surface area contributed by atoms with Gasteiger partial charge < -0.3 is 5.73 Å². The molecule has 0 aliphatic carbocycles. The minimum atomic E-state index is 0.302. The molecule has 1 saturated heterocycles. The van der Waals surface area contributed by atoms with Crippen LogP contribution in [0.4, 0.5) is 0 Å². The summed E-state index contributed by atoms with van der Waals surface area (Å²) in [7, 11) is 0. The van der Waals surface area contributed by atoms with E-state index in [9.17, 15) is 0 Å². The SMILES string of the molecule is CC(N)C1CCCN(C(C)c2ccc3ccccc3c2)C1. The lowest BCUT2D eigenvalue weighted by Gasteiger charge is -2.38. The Kier molecular flexibility index (Phi) is 4.27. The predicted octanol–water partition coefficient (Wildman–Crippen LogP) is 3.96. The monoisotopic (exact) mass is 282 g/mol. The topological polar surface area (TPSA) is 29.3 Å². The first-order valence-corrected chi connectivity index (χ1v) is 8.13. The number of piperidine rings is 1. The van der Waals surface area contributed by atoms with Crippen LogP contribution in [-0.4, -0.2) is 24.0 Å². The number of rotatable bonds is 3. The zero-order chi connectivity index (χ0) is 14.8. The second kappa shape index (κ2) is 6.17. The number of hydrogen-bond donors (Lipinski definition) is 1. The molecule has 1 aliphatic rings. The molecule has 1 aliphatic heterocycles. The van der Waals surface area contributed by atoms with E-state index in [2.05, 4.69) is 61.2 Å². The first-order valence-electron chi connectivity index (χ1n) is 8.13. The van der Waals surface area contributed by atoms with Crippen molar-refractivity contribution < 1.29 is 0 Å². The van der Waals surface area contributed by atoms with Crippen molar-refractivity contribution in [2.75, 3.05) is 13.1 Å². The maximum absolute atomic E-state index is 6.12. The highest BCUT2D eigenvalue weighted by Gasteiger charge is 2.26. The minimum absolute atomic E-state index is 0.302. The maximum Gasteiger partial charge on any atom is 0.0320 e. The molecule has 1 fully saturated rings. The van der Waals surface area contributed by atoms with Gasteiger partial charge in [0.1, 0.15) is 0 Å². The van der Waals surface area contributed by atoms with Crippen LogP contribution in [0, 0.1) is 5.92 Å². The van der Waals surface area contributed by atoms with Crippen LogP contribution in [0.3, 0.4) is 0 Å². The Bertz CT molecular complexity index is 605. The fraction of sp³-hybridized carbons (Fsp3) is 0.474. The summed E-state index contributed by atoms with van der Waals surface area (Å²) in [5.74, 6) is 0.640. The summed E-state index contributed by atoms with van der Waals surface area (Å²) in [5, 5.41) is 2.66. The molecule has 21 heavy (non-hydrogen) atoms. The highest BCUT2D eigenvalue weighted by Crippen LogP contribution is 2.29. The van der Waals surface area contributed by atoms with E-state index < -0.39 is 0 Å². The molecule has 0 amide bonds. The van der Waals surface area contributed by atoms with Crippen molar-refractivity contribution in [3.8, 4) is 0 Å². The molecule has 2 nitrogen and oxygen atoms in total. The Labute approximate surface area is 127 Å². The first kappa shape index (κ1) is 14.6. The van der Waals surface area contributed by atoms with Gasteiger partial charge >= 0.3 is 0 Å². The van der Waals surface area contributed by atoms with Crippen molar-refractivity contribution in [2.45, 2.75) is 38.8 Å².